The van der Waals surface area contributed by atoms with Crippen LogP contribution in [0.1, 0.15) is 18.5 Å². The first kappa shape index (κ1) is 18.9. The normalized spacial score (nSPS) is 16.6. The zero-order chi connectivity index (χ0) is 20.7. The minimum absolute atomic E-state index is 0.000749. The van der Waals surface area contributed by atoms with Gasteiger partial charge in [-0.15, -0.1) is 0 Å². The number of hydrogen-bond donors (Lipinski definition) is 1. The summed E-state index contributed by atoms with van der Waals surface area (Å²) in [6, 6.07) is 11.7. The van der Waals surface area contributed by atoms with Crippen molar-refractivity contribution in [3.05, 3.63) is 59.4 Å². The summed E-state index contributed by atoms with van der Waals surface area (Å²) in [4.78, 5) is 31.3. The molecule has 0 saturated heterocycles. The molecule has 148 valence electrons. The van der Waals surface area contributed by atoms with Gasteiger partial charge in [-0.2, -0.15) is 0 Å². The minimum atomic E-state index is -0.884. The van der Waals surface area contributed by atoms with Crippen LogP contribution in [0.25, 0.3) is 10.2 Å². The van der Waals surface area contributed by atoms with E-state index in [0.717, 1.165) is 10.2 Å². The Labute approximate surface area is 170 Å². The fourth-order valence-electron chi connectivity index (χ4n) is 3.47. The van der Waals surface area contributed by atoms with Crippen molar-refractivity contribution in [2.24, 2.45) is 0 Å². The Bertz CT molecular complexity index is 1130. The largest absolute Gasteiger partial charge is 0.503 e. The maximum atomic E-state index is 13.0. The average Bonchev–Trinajstić information content (AvgIpc) is 3.26. The molecule has 8 heteroatoms. The summed E-state index contributed by atoms with van der Waals surface area (Å²) in [5.41, 5.74) is 1.25. The van der Waals surface area contributed by atoms with Gasteiger partial charge in [-0.25, -0.2) is 4.98 Å². The molecule has 1 amide bonds. The summed E-state index contributed by atoms with van der Waals surface area (Å²) in [5, 5.41) is 10.9. The van der Waals surface area contributed by atoms with Gasteiger partial charge in [0.15, 0.2) is 16.7 Å². The summed E-state index contributed by atoms with van der Waals surface area (Å²) < 4.78 is 11.7. The smallest absolute Gasteiger partial charge is 0.296 e. The molecule has 1 N–H and O–H groups in total. The number of aliphatic hydroxyl groups is 1. The zero-order valence-electron chi connectivity index (χ0n) is 16.0. The molecule has 7 nitrogen and oxygen atoms in total. The lowest BCUT2D eigenvalue weighted by Crippen LogP contribution is -2.31. The topological polar surface area (TPSA) is 89.0 Å². The third-order valence-corrected chi connectivity index (χ3v) is 5.84. The van der Waals surface area contributed by atoms with Gasteiger partial charge in [-0.1, -0.05) is 23.5 Å². The second kappa shape index (κ2) is 7.21. The molecule has 2 heterocycles. The van der Waals surface area contributed by atoms with E-state index in [1.54, 1.807) is 18.2 Å². The number of ether oxygens (including phenoxy) is 2. The number of fused-ring (bicyclic) bond motifs is 1. The Hall–Kier alpha value is -3.39. The van der Waals surface area contributed by atoms with Crippen molar-refractivity contribution in [1.29, 1.82) is 0 Å². The van der Waals surface area contributed by atoms with Gasteiger partial charge in [-0.3, -0.25) is 14.5 Å². The fourth-order valence-corrected chi connectivity index (χ4v) is 4.46. The molecule has 0 aliphatic carbocycles. The van der Waals surface area contributed by atoms with Crippen LogP contribution in [0, 0.1) is 0 Å². The van der Waals surface area contributed by atoms with Crippen LogP contribution in [0.15, 0.2) is 53.8 Å². The number of nitrogens with zero attached hydrogens (tertiary/aromatic N) is 2. The zero-order valence-corrected chi connectivity index (χ0v) is 16.8. The number of para-hydroxylation sites is 1. The molecule has 0 bridgehead atoms. The highest BCUT2D eigenvalue weighted by Gasteiger charge is 2.45. The van der Waals surface area contributed by atoms with Crippen molar-refractivity contribution in [3.63, 3.8) is 0 Å². The third kappa shape index (κ3) is 3.01. The van der Waals surface area contributed by atoms with Gasteiger partial charge in [0.25, 0.3) is 5.91 Å². The first-order chi connectivity index (χ1) is 14.0. The van der Waals surface area contributed by atoms with Gasteiger partial charge >= 0.3 is 0 Å². The first-order valence-corrected chi connectivity index (χ1v) is 9.63. The number of anilines is 1. The molecule has 1 atom stereocenters. The van der Waals surface area contributed by atoms with Gasteiger partial charge in [0, 0.05) is 5.56 Å². The Morgan fingerprint density at radius 2 is 1.93 bits per heavy atom. The maximum Gasteiger partial charge on any atom is 0.296 e. The number of aliphatic hydroxyl groups excluding tert-OH is 1. The Morgan fingerprint density at radius 1 is 1.17 bits per heavy atom. The summed E-state index contributed by atoms with van der Waals surface area (Å²) in [5.74, 6) is -0.667. The quantitative estimate of drug-likeness (QED) is 0.688. The van der Waals surface area contributed by atoms with E-state index in [0.29, 0.717) is 22.2 Å². The van der Waals surface area contributed by atoms with E-state index in [1.807, 2.05) is 24.3 Å². The van der Waals surface area contributed by atoms with Crippen LogP contribution >= 0.6 is 11.3 Å². The van der Waals surface area contributed by atoms with E-state index < -0.39 is 23.5 Å². The van der Waals surface area contributed by atoms with E-state index in [4.69, 9.17) is 9.47 Å². The van der Waals surface area contributed by atoms with E-state index >= 15 is 0 Å². The van der Waals surface area contributed by atoms with Crippen LogP contribution in [-0.4, -0.2) is 36.0 Å². The molecular weight excluding hydrogens is 392 g/mol. The number of hydrogen-bond acceptors (Lipinski definition) is 7. The molecule has 0 radical (unpaired) electrons. The Morgan fingerprint density at radius 3 is 2.59 bits per heavy atom. The highest BCUT2D eigenvalue weighted by atomic mass is 32.1. The van der Waals surface area contributed by atoms with E-state index in [2.05, 4.69) is 4.98 Å². The molecule has 0 saturated carbocycles. The monoisotopic (exact) mass is 410 g/mol. The van der Waals surface area contributed by atoms with Crippen LogP contribution in [-0.2, 0) is 9.59 Å². The number of carbonyl (C=O) groups is 2. The predicted molar refractivity (Wildman–Crippen MR) is 110 cm³/mol. The molecule has 0 fully saturated rings. The van der Waals surface area contributed by atoms with Gasteiger partial charge in [0.05, 0.1) is 30.0 Å². The summed E-state index contributed by atoms with van der Waals surface area (Å²) >= 11 is 1.31. The van der Waals surface area contributed by atoms with Gasteiger partial charge in [0.2, 0.25) is 0 Å². The lowest BCUT2D eigenvalue weighted by atomic mass is 9.96. The van der Waals surface area contributed by atoms with Crippen molar-refractivity contribution in [2.75, 3.05) is 19.1 Å². The average molecular weight is 410 g/mol. The van der Waals surface area contributed by atoms with Crippen LogP contribution in [0.4, 0.5) is 5.13 Å². The maximum absolute atomic E-state index is 13.0. The highest BCUT2D eigenvalue weighted by molar-refractivity contribution is 7.22. The van der Waals surface area contributed by atoms with Crippen molar-refractivity contribution in [1.82, 2.24) is 4.98 Å². The van der Waals surface area contributed by atoms with Crippen molar-refractivity contribution in [3.8, 4) is 11.5 Å². The van der Waals surface area contributed by atoms with Gasteiger partial charge in [0.1, 0.15) is 17.5 Å². The number of ketones is 1. The third-order valence-electron chi connectivity index (χ3n) is 4.81. The van der Waals surface area contributed by atoms with Crippen molar-refractivity contribution >= 4 is 38.4 Å². The number of amides is 1. The molecule has 1 unspecified atom stereocenters. The summed E-state index contributed by atoms with van der Waals surface area (Å²) in [6.45, 7) is 1.32. The Kier molecular flexibility index (Phi) is 4.71. The van der Waals surface area contributed by atoms with E-state index in [-0.39, 0.29) is 5.57 Å². The van der Waals surface area contributed by atoms with E-state index in [9.17, 15) is 14.7 Å². The number of methoxy groups -OCH3 is 2. The number of carbonyl (C=O) groups excluding carboxylic acids is 2. The molecule has 29 heavy (non-hydrogen) atoms. The molecule has 1 aliphatic heterocycles. The van der Waals surface area contributed by atoms with E-state index in [1.165, 1.54) is 37.4 Å². The molecule has 1 aromatic heterocycles. The number of rotatable bonds is 5. The molecule has 4 rings (SSSR count). The van der Waals surface area contributed by atoms with Gasteiger partial charge < -0.3 is 14.6 Å². The van der Waals surface area contributed by atoms with Crippen LogP contribution < -0.4 is 14.4 Å². The van der Waals surface area contributed by atoms with Gasteiger partial charge in [-0.05, 0) is 37.3 Å². The molecular formula is C21H18N2O5S. The number of benzene rings is 2. The SMILES string of the molecule is COc1ccc(OC)c(C2C(C(C)=O)=C(O)C(=O)N2c2nc3ccccc3s2)c1. The number of Topliss-reactive ketones (excluding diaryl/α,β-unsaturated/α-hetero) is 1. The number of thiazole rings is 1. The lowest BCUT2D eigenvalue weighted by molar-refractivity contribution is -0.117. The minimum Gasteiger partial charge on any atom is -0.503 e. The van der Waals surface area contributed by atoms with Crippen LogP contribution in [0.3, 0.4) is 0 Å². The molecule has 0 spiro atoms. The second-order valence-corrected chi connectivity index (χ2v) is 7.48. The highest BCUT2D eigenvalue weighted by Crippen LogP contribution is 2.46. The standard InChI is InChI=1S/C21H18N2O5S/c1-11(24)17-18(13-10-12(27-2)8-9-15(13)28-3)23(20(26)19(17)25)21-22-14-6-4-5-7-16(14)29-21/h4-10,18,25H,1-3H3. The molecule has 2 aromatic carbocycles. The van der Waals surface area contributed by atoms with Crippen LogP contribution in [0.5, 0.6) is 11.5 Å². The van der Waals surface area contributed by atoms with Crippen LogP contribution in [0.2, 0.25) is 0 Å². The summed E-state index contributed by atoms with van der Waals surface area (Å²) in [7, 11) is 3.02. The fraction of sp³-hybridized carbons (Fsp3) is 0.190. The van der Waals surface area contributed by atoms with Crippen molar-refractivity contribution < 1.29 is 24.2 Å². The Balaban J connectivity index is 1.95. The summed E-state index contributed by atoms with van der Waals surface area (Å²) in [6.07, 6.45) is 0. The van der Waals surface area contributed by atoms with Crippen molar-refractivity contribution in [2.45, 2.75) is 13.0 Å². The molecule has 3 aromatic rings. The second-order valence-electron chi connectivity index (χ2n) is 6.47. The molecule has 1 aliphatic rings. The predicted octanol–water partition coefficient (Wildman–Crippen LogP) is 3.80. The first-order valence-electron chi connectivity index (χ1n) is 8.81. The lowest BCUT2D eigenvalue weighted by Gasteiger charge is -2.25. The number of aromatic nitrogens is 1.